The Morgan fingerprint density at radius 2 is 1.91 bits per heavy atom. The van der Waals surface area contributed by atoms with Crippen LogP contribution >= 0.6 is 24.0 Å². The summed E-state index contributed by atoms with van der Waals surface area (Å²) in [6.07, 6.45) is 5.00. The van der Waals surface area contributed by atoms with Gasteiger partial charge in [-0.05, 0) is 44.9 Å². The lowest BCUT2D eigenvalue weighted by molar-refractivity contribution is 0.216. The second kappa shape index (κ2) is 8.35. The van der Waals surface area contributed by atoms with Gasteiger partial charge in [0.05, 0.1) is 5.69 Å². The molecule has 0 saturated heterocycles. The third kappa shape index (κ3) is 5.36. The van der Waals surface area contributed by atoms with E-state index in [2.05, 4.69) is 48.4 Å². The summed E-state index contributed by atoms with van der Waals surface area (Å²) in [5.74, 6) is 0.896. The first-order valence-electron chi connectivity index (χ1n) is 8.28. The van der Waals surface area contributed by atoms with Crippen LogP contribution in [-0.4, -0.2) is 28.8 Å². The molecule has 0 aromatic carbocycles. The van der Waals surface area contributed by atoms with E-state index >= 15 is 0 Å². The Labute approximate surface area is 157 Å². The average Bonchev–Trinajstić information content (AvgIpc) is 2.70. The van der Waals surface area contributed by atoms with Gasteiger partial charge in [-0.3, -0.25) is 9.67 Å². The molecule has 0 unspecified atom stereocenters. The van der Waals surface area contributed by atoms with Crippen molar-refractivity contribution in [1.29, 1.82) is 0 Å². The molecule has 0 bridgehead atoms. The SMILES string of the molecule is CN=C(NCc1c(C)nn(C)c1C)NC1CCC(C)(C)CC1.I. The molecule has 0 atom stereocenters. The Balaban J connectivity index is 0.00000264. The summed E-state index contributed by atoms with van der Waals surface area (Å²) in [6, 6.07) is 0.537. The van der Waals surface area contributed by atoms with Crippen molar-refractivity contribution in [3.05, 3.63) is 17.0 Å². The molecule has 2 N–H and O–H groups in total. The first kappa shape index (κ1) is 20.3. The van der Waals surface area contributed by atoms with Gasteiger partial charge in [-0.2, -0.15) is 5.10 Å². The number of aromatic nitrogens is 2. The van der Waals surface area contributed by atoms with Gasteiger partial charge < -0.3 is 10.6 Å². The van der Waals surface area contributed by atoms with E-state index in [1.165, 1.54) is 36.9 Å². The topological polar surface area (TPSA) is 54.2 Å². The molecule has 1 aliphatic rings. The van der Waals surface area contributed by atoms with Gasteiger partial charge in [0.1, 0.15) is 0 Å². The molecule has 1 aromatic heterocycles. The van der Waals surface area contributed by atoms with Crippen LogP contribution in [0.1, 0.15) is 56.5 Å². The van der Waals surface area contributed by atoms with Crippen molar-refractivity contribution in [1.82, 2.24) is 20.4 Å². The highest BCUT2D eigenvalue weighted by molar-refractivity contribution is 14.0. The molecule has 1 aliphatic carbocycles. The molecule has 1 fully saturated rings. The van der Waals surface area contributed by atoms with Gasteiger partial charge in [0.25, 0.3) is 0 Å². The molecule has 0 amide bonds. The largest absolute Gasteiger partial charge is 0.354 e. The van der Waals surface area contributed by atoms with Crippen molar-refractivity contribution in [3.63, 3.8) is 0 Å². The first-order valence-corrected chi connectivity index (χ1v) is 8.28. The van der Waals surface area contributed by atoms with Gasteiger partial charge in [0.15, 0.2) is 5.96 Å². The average molecular weight is 433 g/mol. The number of nitrogens with one attached hydrogen (secondary N) is 2. The first-order chi connectivity index (χ1) is 10.3. The molecule has 1 heterocycles. The minimum Gasteiger partial charge on any atom is -0.354 e. The van der Waals surface area contributed by atoms with Crippen molar-refractivity contribution in [2.24, 2.45) is 17.5 Å². The number of halogens is 1. The van der Waals surface area contributed by atoms with Gasteiger partial charge in [0, 0.05) is 37.9 Å². The minimum atomic E-state index is 0. The predicted octanol–water partition coefficient (Wildman–Crippen LogP) is 3.29. The number of aryl methyl sites for hydroxylation is 2. The third-order valence-corrected chi connectivity index (χ3v) is 5.00. The molecule has 132 valence electrons. The quantitative estimate of drug-likeness (QED) is 0.437. The van der Waals surface area contributed by atoms with E-state index in [1.807, 2.05) is 18.8 Å². The Morgan fingerprint density at radius 1 is 1.30 bits per heavy atom. The van der Waals surface area contributed by atoms with Crippen LogP contribution in [0, 0.1) is 19.3 Å². The fourth-order valence-electron chi connectivity index (χ4n) is 3.18. The minimum absolute atomic E-state index is 0. The molecule has 0 radical (unpaired) electrons. The Kier molecular flexibility index (Phi) is 7.35. The lowest BCUT2D eigenvalue weighted by atomic mass is 9.75. The van der Waals surface area contributed by atoms with E-state index < -0.39 is 0 Å². The molecule has 2 rings (SSSR count). The van der Waals surface area contributed by atoms with Crippen molar-refractivity contribution in [2.45, 2.75) is 66.0 Å². The normalized spacial score (nSPS) is 18.4. The summed E-state index contributed by atoms with van der Waals surface area (Å²) < 4.78 is 1.94. The molecule has 23 heavy (non-hydrogen) atoms. The lowest BCUT2D eigenvalue weighted by Crippen LogP contribution is -2.45. The zero-order valence-electron chi connectivity index (χ0n) is 15.4. The zero-order chi connectivity index (χ0) is 16.3. The predicted molar refractivity (Wildman–Crippen MR) is 107 cm³/mol. The van der Waals surface area contributed by atoms with Crippen molar-refractivity contribution in [3.8, 4) is 0 Å². The van der Waals surface area contributed by atoms with E-state index in [9.17, 15) is 0 Å². The standard InChI is InChI=1S/C17H31N5.HI/c1-12-15(13(2)22(6)21-12)11-19-16(18-5)20-14-7-9-17(3,4)10-8-14;/h14H,7-11H2,1-6H3,(H2,18,19,20);1H. The smallest absolute Gasteiger partial charge is 0.191 e. The third-order valence-electron chi connectivity index (χ3n) is 5.00. The molecule has 5 nitrogen and oxygen atoms in total. The van der Waals surface area contributed by atoms with Gasteiger partial charge in [-0.15, -0.1) is 24.0 Å². The summed E-state index contributed by atoms with van der Waals surface area (Å²) in [5, 5.41) is 11.5. The van der Waals surface area contributed by atoms with Gasteiger partial charge in [-0.25, -0.2) is 0 Å². The van der Waals surface area contributed by atoms with E-state index in [-0.39, 0.29) is 24.0 Å². The van der Waals surface area contributed by atoms with Gasteiger partial charge in [-0.1, -0.05) is 13.8 Å². The van der Waals surface area contributed by atoms with Crippen LogP contribution in [0.5, 0.6) is 0 Å². The molecule has 0 aliphatic heterocycles. The summed E-state index contributed by atoms with van der Waals surface area (Å²) in [5.41, 5.74) is 4.05. The van der Waals surface area contributed by atoms with Crippen LogP contribution < -0.4 is 10.6 Å². The lowest BCUT2D eigenvalue weighted by Gasteiger charge is -2.35. The number of hydrogen-bond acceptors (Lipinski definition) is 2. The summed E-state index contributed by atoms with van der Waals surface area (Å²) in [6.45, 7) is 9.66. The highest BCUT2D eigenvalue weighted by atomic mass is 127. The van der Waals surface area contributed by atoms with Crippen LogP contribution in [0.25, 0.3) is 0 Å². The molecular weight excluding hydrogens is 401 g/mol. The van der Waals surface area contributed by atoms with Crippen LogP contribution in [0.2, 0.25) is 0 Å². The number of rotatable bonds is 3. The molecule has 1 aromatic rings. The summed E-state index contributed by atoms with van der Waals surface area (Å²) in [4.78, 5) is 4.37. The Bertz CT molecular complexity index is 537. The van der Waals surface area contributed by atoms with Gasteiger partial charge in [0.2, 0.25) is 0 Å². The van der Waals surface area contributed by atoms with Crippen molar-refractivity contribution >= 4 is 29.9 Å². The summed E-state index contributed by atoms with van der Waals surface area (Å²) in [7, 11) is 3.83. The van der Waals surface area contributed by atoms with E-state index in [0.29, 0.717) is 11.5 Å². The zero-order valence-corrected chi connectivity index (χ0v) is 17.7. The Morgan fingerprint density at radius 3 is 2.39 bits per heavy atom. The Hall–Kier alpha value is -0.790. The second-order valence-corrected chi connectivity index (χ2v) is 7.28. The highest BCUT2D eigenvalue weighted by Gasteiger charge is 2.27. The van der Waals surface area contributed by atoms with Gasteiger partial charge >= 0.3 is 0 Å². The fraction of sp³-hybridized carbons (Fsp3) is 0.765. The van der Waals surface area contributed by atoms with Crippen LogP contribution in [0.4, 0.5) is 0 Å². The molecular formula is C17H32IN5. The maximum Gasteiger partial charge on any atom is 0.191 e. The number of aliphatic imine (C=N–C) groups is 1. The summed E-state index contributed by atoms with van der Waals surface area (Å²) >= 11 is 0. The van der Waals surface area contributed by atoms with Crippen molar-refractivity contribution < 1.29 is 0 Å². The fourth-order valence-corrected chi connectivity index (χ4v) is 3.18. The maximum absolute atomic E-state index is 4.46. The molecule has 0 spiro atoms. The van der Waals surface area contributed by atoms with Crippen LogP contribution in [0.15, 0.2) is 4.99 Å². The second-order valence-electron chi connectivity index (χ2n) is 7.28. The van der Waals surface area contributed by atoms with E-state index in [4.69, 9.17) is 0 Å². The van der Waals surface area contributed by atoms with Crippen LogP contribution in [0.3, 0.4) is 0 Å². The molecule has 1 saturated carbocycles. The number of hydrogen-bond donors (Lipinski definition) is 2. The highest BCUT2D eigenvalue weighted by Crippen LogP contribution is 2.34. The molecule has 6 heteroatoms. The van der Waals surface area contributed by atoms with Crippen molar-refractivity contribution in [2.75, 3.05) is 7.05 Å². The number of nitrogens with zero attached hydrogens (tertiary/aromatic N) is 3. The number of guanidine groups is 1. The van der Waals surface area contributed by atoms with E-state index in [1.54, 1.807) is 0 Å². The maximum atomic E-state index is 4.46. The van der Waals surface area contributed by atoms with Crippen LogP contribution in [-0.2, 0) is 13.6 Å². The monoisotopic (exact) mass is 433 g/mol. The van der Waals surface area contributed by atoms with E-state index in [0.717, 1.165) is 18.2 Å².